The zero-order valence-electron chi connectivity index (χ0n) is 16.5. The van der Waals surface area contributed by atoms with Crippen molar-refractivity contribution in [2.24, 2.45) is 0 Å². The Morgan fingerprint density at radius 2 is 1.73 bits per heavy atom. The molecule has 0 bridgehead atoms. The minimum atomic E-state index is -0.511. The lowest BCUT2D eigenvalue weighted by atomic mass is 10.1. The van der Waals surface area contributed by atoms with Gasteiger partial charge in [0.2, 0.25) is 0 Å². The molecular formula is C22H20N4O4. The van der Waals surface area contributed by atoms with Gasteiger partial charge in [-0.25, -0.2) is 0 Å². The number of carbonyl (C=O) groups is 3. The molecule has 1 aliphatic heterocycles. The molecule has 0 unspecified atom stereocenters. The first kappa shape index (κ1) is 19.3. The van der Waals surface area contributed by atoms with Crippen molar-refractivity contribution in [3.63, 3.8) is 0 Å². The Bertz CT molecular complexity index is 1150. The number of anilines is 1. The van der Waals surface area contributed by atoms with E-state index in [1.54, 1.807) is 18.2 Å². The number of amides is 3. The highest BCUT2D eigenvalue weighted by Gasteiger charge is 2.20. The lowest BCUT2D eigenvalue weighted by Gasteiger charge is -2.18. The summed E-state index contributed by atoms with van der Waals surface area (Å²) in [7, 11) is 0. The molecule has 30 heavy (non-hydrogen) atoms. The summed E-state index contributed by atoms with van der Waals surface area (Å²) in [5.41, 5.74) is 8.62. The molecule has 1 aliphatic rings. The Labute approximate surface area is 172 Å². The van der Waals surface area contributed by atoms with Crippen molar-refractivity contribution >= 4 is 23.4 Å². The van der Waals surface area contributed by atoms with Gasteiger partial charge in [0, 0.05) is 22.6 Å². The van der Waals surface area contributed by atoms with Gasteiger partial charge in [0.05, 0.1) is 11.3 Å². The summed E-state index contributed by atoms with van der Waals surface area (Å²) in [6, 6.07) is 16.1. The largest absolute Gasteiger partial charge is 0.482 e. The lowest BCUT2D eigenvalue weighted by molar-refractivity contribution is -0.118. The summed E-state index contributed by atoms with van der Waals surface area (Å²) in [5, 5.41) is 2.64. The first-order valence-corrected chi connectivity index (χ1v) is 9.36. The number of nitrogens with zero attached hydrogens (tertiary/aromatic N) is 1. The molecule has 0 radical (unpaired) electrons. The summed E-state index contributed by atoms with van der Waals surface area (Å²) in [5.74, 6) is -0.735. The summed E-state index contributed by atoms with van der Waals surface area (Å²) in [6.07, 6.45) is 0. The van der Waals surface area contributed by atoms with Crippen LogP contribution in [0.1, 0.15) is 32.1 Å². The van der Waals surface area contributed by atoms with E-state index in [-0.39, 0.29) is 18.1 Å². The molecule has 4 rings (SSSR count). The molecule has 0 aliphatic carbocycles. The molecule has 0 saturated carbocycles. The first-order chi connectivity index (χ1) is 14.4. The van der Waals surface area contributed by atoms with Gasteiger partial charge in [-0.2, -0.15) is 0 Å². The summed E-state index contributed by atoms with van der Waals surface area (Å²) in [6.45, 7) is 3.71. The van der Waals surface area contributed by atoms with Crippen LogP contribution in [0.3, 0.4) is 0 Å². The number of hydrogen-bond donors (Lipinski definition) is 3. The minimum Gasteiger partial charge on any atom is -0.482 e. The number of aryl methyl sites for hydroxylation is 1. The zero-order valence-corrected chi connectivity index (χ0v) is 16.5. The topological polar surface area (TPSA) is 101 Å². The number of para-hydroxylation sites is 1. The molecule has 8 nitrogen and oxygen atoms in total. The molecule has 152 valence electrons. The van der Waals surface area contributed by atoms with Crippen molar-refractivity contribution in [1.29, 1.82) is 0 Å². The number of ether oxygens (including phenoxy) is 1. The van der Waals surface area contributed by atoms with E-state index in [0.717, 1.165) is 17.1 Å². The molecular weight excluding hydrogens is 384 g/mol. The van der Waals surface area contributed by atoms with Gasteiger partial charge in [-0.15, -0.1) is 0 Å². The van der Waals surface area contributed by atoms with Gasteiger partial charge in [-0.1, -0.05) is 18.2 Å². The average molecular weight is 404 g/mol. The maximum Gasteiger partial charge on any atom is 0.271 e. The van der Waals surface area contributed by atoms with Crippen LogP contribution in [0.25, 0.3) is 5.69 Å². The molecule has 0 fully saturated rings. The predicted octanol–water partition coefficient (Wildman–Crippen LogP) is 2.50. The van der Waals surface area contributed by atoms with Crippen LogP contribution in [0, 0.1) is 13.8 Å². The van der Waals surface area contributed by atoms with Crippen LogP contribution >= 0.6 is 0 Å². The molecule has 2 heterocycles. The van der Waals surface area contributed by atoms with Gasteiger partial charge < -0.3 is 14.6 Å². The van der Waals surface area contributed by atoms with Crippen LogP contribution in [0.5, 0.6) is 5.75 Å². The van der Waals surface area contributed by atoms with Crippen LogP contribution in [0.15, 0.2) is 54.6 Å². The molecule has 8 heteroatoms. The Morgan fingerprint density at radius 3 is 2.50 bits per heavy atom. The van der Waals surface area contributed by atoms with Gasteiger partial charge in [0.15, 0.2) is 6.61 Å². The molecule has 0 atom stereocenters. The minimum absolute atomic E-state index is 0.0595. The number of hydrazine groups is 1. The monoisotopic (exact) mass is 404 g/mol. The van der Waals surface area contributed by atoms with Gasteiger partial charge in [-0.3, -0.25) is 25.2 Å². The standard InChI is InChI=1S/C22H20N4O4/c1-13-10-17(14(2)26(13)16-6-4-3-5-7-16)22(29)25-24-21(28)15-8-9-19-18(11-15)23-20(27)12-30-19/h3-11H,12H2,1-2H3,(H,23,27)(H,24,28)(H,25,29). The van der Waals surface area contributed by atoms with E-state index in [2.05, 4.69) is 16.2 Å². The molecule has 2 aromatic carbocycles. The van der Waals surface area contributed by atoms with Gasteiger partial charge in [0.25, 0.3) is 17.7 Å². The molecule has 0 saturated heterocycles. The van der Waals surface area contributed by atoms with E-state index in [4.69, 9.17) is 4.74 Å². The quantitative estimate of drug-likeness (QED) is 0.584. The third-order valence-corrected chi connectivity index (χ3v) is 4.85. The van der Waals surface area contributed by atoms with Crippen molar-refractivity contribution in [3.05, 3.63) is 77.1 Å². The first-order valence-electron chi connectivity index (χ1n) is 9.36. The highest BCUT2D eigenvalue weighted by Crippen LogP contribution is 2.28. The third-order valence-electron chi connectivity index (χ3n) is 4.85. The summed E-state index contributed by atoms with van der Waals surface area (Å²) >= 11 is 0. The maximum absolute atomic E-state index is 12.7. The third kappa shape index (κ3) is 3.62. The number of aromatic nitrogens is 1. The van der Waals surface area contributed by atoms with Crippen LogP contribution in [0.4, 0.5) is 5.69 Å². The maximum atomic E-state index is 12.7. The van der Waals surface area contributed by atoms with Crippen molar-refractivity contribution in [3.8, 4) is 11.4 Å². The average Bonchev–Trinajstić information content (AvgIpc) is 3.05. The molecule has 1 aromatic heterocycles. The van der Waals surface area contributed by atoms with Crippen LogP contribution < -0.4 is 20.9 Å². The number of carbonyl (C=O) groups excluding carboxylic acids is 3. The van der Waals surface area contributed by atoms with Crippen LogP contribution in [-0.4, -0.2) is 28.9 Å². The van der Waals surface area contributed by atoms with E-state index in [1.807, 2.05) is 48.7 Å². The number of nitrogens with one attached hydrogen (secondary N) is 3. The SMILES string of the molecule is Cc1cc(C(=O)NNC(=O)c2ccc3c(c2)NC(=O)CO3)c(C)n1-c1ccccc1. The highest BCUT2D eigenvalue weighted by atomic mass is 16.5. The summed E-state index contributed by atoms with van der Waals surface area (Å²) in [4.78, 5) is 36.5. The van der Waals surface area contributed by atoms with Gasteiger partial charge >= 0.3 is 0 Å². The Hall–Kier alpha value is -4.07. The fourth-order valence-electron chi connectivity index (χ4n) is 3.44. The Balaban J connectivity index is 1.47. The summed E-state index contributed by atoms with van der Waals surface area (Å²) < 4.78 is 7.25. The predicted molar refractivity (Wildman–Crippen MR) is 111 cm³/mol. The molecule has 0 spiro atoms. The van der Waals surface area contributed by atoms with Crippen LogP contribution in [0.2, 0.25) is 0 Å². The Morgan fingerprint density at radius 1 is 1.00 bits per heavy atom. The second-order valence-corrected chi connectivity index (χ2v) is 6.91. The fourth-order valence-corrected chi connectivity index (χ4v) is 3.44. The van der Waals surface area contributed by atoms with Crippen molar-refractivity contribution in [2.45, 2.75) is 13.8 Å². The highest BCUT2D eigenvalue weighted by molar-refractivity contribution is 6.02. The second-order valence-electron chi connectivity index (χ2n) is 6.91. The normalized spacial score (nSPS) is 12.4. The van der Waals surface area contributed by atoms with E-state index < -0.39 is 11.8 Å². The Kier molecular flexibility index (Phi) is 4.97. The van der Waals surface area contributed by atoms with E-state index in [0.29, 0.717) is 17.0 Å². The van der Waals surface area contributed by atoms with Gasteiger partial charge in [-0.05, 0) is 50.2 Å². The van der Waals surface area contributed by atoms with Gasteiger partial charge in [0.1, 0.15) is 5.75 Å². The molecule has 3 aromatic rings. The number of rotatable bonds is 3. The number of benzene rings is 2. The molecule has 3 amide bonds. The van der Waals surface area contributed by atoms with E-state index in [9.17, 15) is 14.4 Å². The van der Waals surface area contributed by atoms with Crippen LogP contribution in [-0.2, 0) is 4.79 Å². The van der Waals surface area contributed by atoms with E-state index in [1.165, 1.54) is 6.07 Å². The number of hydrogen-bond acceptors (Lipinski definition) is 4. The second kappa shape index (κ2) is 7.75. The van der Waals surface area contributed by atoms with Crippen molar-refractivity contribution in [1.82, 2.24) is 15.4 Å². The lowest BCUT2D eigenvalue weighted by Crippen LogP contribution is -2.41. The smallest absolute Gasteiger partial charge is 0.271 e. The zero-order chi connectivity index (χ0) is 21.3. The van der Waals surface area contributed by atoms with E-state index >= 15 is 0 Å². The van der Waals surface area contributed by atoms with Crippen molar-refractivity contribution < 1.29 is 19.1 Å². The number of fused-ring (bicyclic) bond motifs is 1. The fraction of sp³-hybridized carbons (Fsp3) is 0.136. The van der Waals surface area contributed by atoms with Crippen molar-refractivity contribution in [2.75, 3.05) is 11.9 Å². The molecule has 3 N–H and O–H groups in total.